The molecule has 1 unspecified atom stereocenters. The lowest BCUT2D eigenvalue weighted by atomic mass is 9.63. The first kappa shape index (κ1) is 46.7. The maximum atomic E-state index is 16.4. The Labute approximate surface area is 401 Å². The highest BCUT2D eigenvalue weighted by Gasteiger charge is 2.61. The third-order valence-corrected chi connectivity index (χ3v) is 15.1. The molecule has 0 aliphatic carbocycles. The number of carbonyl (C=O) groups excluding carboxylic acids is 4. The van der Waals surface area contributed by atoms with Crippen LogP contribution in [0.4, 0.5) is 15.8 Å². The van der Waals surface area contributed by atoms with Gasteiger partial charge in [-0.3, -0.25) is 29.4 Å². The highest BCUT2D eigenvalue weighted by Crippen LogP contribution is 2.57. The van der Waals surface area contributed by atoms with E-state index in [4.69, 9.17) is 27.9 Å². The van der Waals surface area contributed by atoms with Gasteiger partial charge >= 0.3 is 0 Å². The lowest BCUT2D eigenvalue weighted by Crippen LogP contribution is -2.52. The number of amides is 4. The number of nitrogens with one attached hydrogen (secondary N) is 4. The molecule has 9 rings (SSSR count). The Morgan fingerprint density at radius 3 is 2.55 bits per heavy atom. The van der Waals surface area contributed by atoms with Crippen LogP contribution in [0.25, 0.3) is 0 Å². The highest BCUT2D eigenvalue weighted by molar-refractivity contribution is 6.31. The van der Waals surface area contributed by atoms with Crippen molar-refractivity contribution in [2.45, 2.75) is 114 Å². The van der Waals surface area contributed by atoms with E-state index in [1.165, 1.54) is 6.07 Å². The normalized spacial score (nSPS) is 25.0. The first-order valence-electron chi connectivity index (χ1n) is 23.2. The zero-order valence-electron chi connectivity index (χ0n) is 38.7. The van der Waals surface area contributed by atoms with Gasteiger partial charge < -0.3 is 25.6 Å². The summed E-state index contributed by atoms with van der Waals surface area (Å²) in [7, 11) is 1.59. The van der Waals surface area contributed by atoms with E-state index in [-0.39, 0.29) is 53.1 Å². The monoisotopic (exact) mass is 946 g/mol. The fourth-order valence-corrected chi connectivity index (χ4v) is 11.7. The maximum Gasteiger partial charge on any atom is 0.255 e. The summed E-state index contributed by atoms with van der Waals surface area (Å²) in [6, 6.07) is 20.5. The second-order valence-electron chi connectivity index (χ2n) is 20.4. The number of ether oxygens (including phenoxy) is 1. The van der Waals surface area contributed by atoms with Crippen LogP contribution in [0.3, 0.4) is 0 Å². The van der Waals surface area contributed by atoms with Gasteiger partial charge in [-0.15, -0.1) is 0 Å². The molecule has 67 heavy (non-hydrogen) atoms. The molecule has 11 nitrogen and oxygen atoms in total. The molecule has 14 heteroatoms. The van der Waals surface area contributed by atoms with Crippen molar-refractivity contribution in [2.24, 2.45) is 5.41 Å². The minimum absolute atomic E-state index is 0.000490. The van der Waals surface area contributed by atoms with Crippen LogP contribution in [-0.4, -0.2) is 83.8 Å². The zero-order valence-corrected chi connectivity index (χ0v) is 40.3. The van der Waals surface area contributed by atoms with Gasteiger partial charge in [0.1, 0.15) is 17.6 Å². The van der Waals surface area contributed by atoms with Crippen molar-refractivity contribution in [1.82, 2.24) is 20.4 Å². The second-order valence-corrected chi connectivity index (χ2v) is 21.3. The molecule has 4 aromatic rings. The van der Waals surface area contributed by atoms with Gasteiger partial charge in [0.05, 0.1) is 29.4 Å². The van der Waals surface area contributed by atoms with Crippen molar-refractivity contribution in [1.29, 1.82) is 0 Å². The number of hydrogen-bond donors (Lipinski definition) is 4. The largest absolute Gasteiger partial charge is 0.495 e. The molecule has 4 amide bonds. The summed E-state index contributed by atoms with van der Waals surface area (Å²) in [6.07, 6.45) is 3.10. The topological polar surface area (TPSA) is 132 Å². The number of rotatable bonds is 8. The summed E-state index contributed by atoms with van der Waals surface area (Å²) in [5.41, 5.74) is 4.50. The average Bonchev–Trinajstić information content (AvgIpc) is 3.94. The molecule has 0 radical (unpaired) electrons. The van der Waals surface area contributed by atoms with Crippen molar-refractivity contribution in [3.63, 3.8) is 0 Å². The number of likely N-dealkylation sites (tertiary alicyclic amines) is 1. The fourth-order valence-electron chi connectivity index (χ4n) is 11.3. The molecule has 350 valence electrons. The van der Waals surface area contributed by atoms with E-state index >= 15 is 4.39 Å². The lowest BCUT2D eigenvalue weighted by Gasteiger charge is -2.41. The molecule has 0 bridgehead atoms. The molecule has 0 saturated carbocycles. The Morgan fingerprint density at radius 2 is 1.79 bits per heavy atom. The van der Waals surface area contributed by atoms with E-state index in [0.29, 0.717) is 47.0 Å². The van der Waals surface area contributed by atoms with Crippen LogP contribution in [0.1, 0.15) is 117 Å². The zero-order chi connectivity index (χ0) is 47.6. The number of piperidine rings is 2. The molecule has 4 aromatic carbocycles. The molecule has 4 N–H and O–H groups in total. The van der Waals surface area contributed by atoms with Crippen molar-refractivity contribution in [3.05, 3.63) is 122 Å². The van der Waals surface area contributed by atoms with Gasteiger partial charge in [0.25, 0.3) is 5.91 Å². The quantitative estimate of drug-likeness (QED) is 0.102. The minimum atomic E-state index is -0.843. The predicted octanol–water partition coefficient (Wildman–Crippen LogP) is 8.77. The van der Waals surface area contributed by atoms with Gasteiger partial charge in [0.2, 0.25) is 17.7 Å². The number of fused-ring (bicyclic) bond motifs is 3. The van der Waals surface area contributed by atoms with Gasteiger partial charge in [-0.05, 0) is 122 Å². The van der Waals surface area contributed by atoms with Gasteiger partial charge in [0, 0.05) is 65.3 Å². The van der Waals surface area contributed by atoms with Crippen molar-refractivity contribution < 1.29 is 28.3 Å². The summed E-state index contributed by atoms with van der Waals surface area (Å²) in [5.74, 6) is 5.11. The lowest BCUT2D eigenvalue weighted by molar-refractivity contribution is -0.137. The molecule has 1 spiro atoms. The van der Waals surface area contributed by atoms with Crippen LogP contribution in [0.5, 0.6) is 5.75 Å². The number of hydrogen-bond acceptors (Lipinski definition) is 8. The molecule has 0 aromatic heterocycles. The number of anilines is 2. The van der Waals surface area contributed by atoms with E-state index in [1.807, 2.05) is 48.5 Å². The number of halogens is 3. The fraction of sp³-hybridized carbons (Fsp3) is 0.434. The Balaban J connectivity index is 0.950. The van der Waals surface area contributed by atoms with Gasteiger partial charge in [0.15, 0.2) is 0 Å². The number of carbonyl (C=O) groups is 4. The molecule has 5 aliphatic rings. The van der Waals surface area contributed by atoms with Crippen LogP contribution < -0.4 is 26.0 Å². The molecule has 3 saturated heterocycles. The number of imide groups is 1. The van der Waals surface area contributed by atoms with Crippen molar-refractivity contribution in [2.75, 3.05) is 37.4 Å². The SMILES string of the molecule is COc1cc([C@@H]2CCCN(C(C)(C)C#Cc3cccc4c3CN(C3CCC(=O)NC3=O)C4=O)C2)ccc1NC(=O)[C@@H]1N[C@@H](CC(C)(C)C)[C@@]2(CNc3cc(Cl)ccc32)[C@H]1c1cccc(Cl)c1F. The van der Waals surface area contributed by atoms with Crippen molar-refractivity contribution in [3.8, 4) is 17.6 Å². The Hall–Kier alpha value is -5.45. The Kier molecular flexibility index (Phi) is 12.5. The van der Waals surface area contributed by atoms with E-state index in [9.17, 15) is 19.2 Å². The van der Waals surface area contributed by atoms with Gasteiger partial charge in [-0.25, -0.2) is 4.39 Å². The molecular weight excluding hydrogens is 891 g/mol. The van der Waals surface area contributed by atoms with E-state index < -0.39 is 40.7 Å². The molecule has 3 fully saturated rings. The predicted molar refractivity (Wildman–Crippen MR) is 259 cm³/mol. The first-order chi connectivity index (χ1) is 31.9. The number of benzene rings is 4. The van der Waals surface area contributed by atoms with Crippen LogP contribution in [-0.2, 0) is 26.3 Å². The third kappa shape index (κ3) is 8.69. The minimum Gasteiger partial charge on any atom is -0.495 e. The standard InChI is InChI=1S/C53H57Cl2FN6O5/c1-51(2,3)26-43-53(29-57-40-25-33(54)16-17-37(40)53)45(35-13-8-14-38(55)46(35)56)47(59-43)49(65)58-39-18-15-31(24-42(39)67-6)32-11-9-23-61(27-32)52(4,5)22-21-30-10-7-12-34-36(30)28-62(50(34)66)41-19-20-44(63)60-48(41)64/h7-8,10,12-18,24-25,32,41,43,45,47,57,59H,9,11,19-20,23,26-29H2,1-6H3,(H,58,65)(H,60,63,64)/t32-,41?,43+,45+,47-,53+/m1/s1. The maximum absolute atomic E-state index is 16.4. The van der Waals surface area contributed by atoms with E-state index in [0.717, 1.165) is 53.9 Å². The summed E-state index contributed by atoms with van der Waals surface area (Å²) in [5, 5.41) is 13.4. The molecular formula is C53H57Cl2FN6O5. The van der Waals surface area contributed by atoms with E-state index in [2.05, 4.69) is 72.6 Å². The highest BCUT2D eigenvalue weighted by atomic mass is 35.5. The average molecular weight is 948 g/mol. The van der Waals surface area contributed by atoms with Crippen LogP contribution in [0, 0.1) is 23.1 Å². The van der Waals surface area contributed by atoms with Crippen molar-refractivity contribution >= 4 is 58.2 Å². The second kappa shape index (κ2) is 17.9. The smallest absolute Gasteiger partial charge is 0.255 e. The van der Waals surface area contributed by atoms with Crippen LogP contribution in [0.2, 0.25) is 10.0 Å². The van der Waals surface area contributed by atoms with E-state index in [1.54, 1.807) is 30.2 Å². The Bertz CT molecular complexity index is 2750. The summed E-state index contributed by atoms with van der Waals surface area (Å²) >= 11 is 13.0. The van der Waals surface area contributed by atoms with Gasteiger partial charge in [-0.1, -0.05) is 86.1 Å². The summed E-state index contributed by atoms with van der Waals surface area (Å²) < 4.78 is 22.3. The third-order valence-electron chi connectivity index (χ3n) is 14.6. The first-order valence-corrected chi connectivity index (χ1v) is 23.9. The molecule has 6 atom stereocenters. The van der Waals surface area contributed by atoms with Gasteiger partial charge in [-0.2, -0.15) is 0 Å². The Morgan fingerprint density at radius 1 is 1.00 bits per heavy atom. The van der Waals surface area contributed by atoms with Crippen LogP contribution in [0.15, 0.2) is 72.8 Å². The van der Waals surface area contributed by atoms with Crippen LogP contribution >= 0.6 is 23.2 Å². The molecule has 5 heterocycles. The molecule has 5 aliphatic heterocycles. The summed E-state index contributed by atoms with van der Waals surface area (Å²) in [6.45, 7) is 13.0. The summed E-state index contributed by atoms with van der Waals surface area (Å²) in [4.78, 5) is 56.7. The number of methoxy groups -OCH3 is 1. The number of nitrogens with zero attached hydrogens (tertiary/aromatic N) is 2.